The molecule has 42 heavy (non-hydrogen) atoms. The fourth-order valence-corrected chi connectivity index (χ4v) is 4.89. The van der Waals surface area contributed by atoms with E-state index in [2.05, 4.69) is 0 Å². The molecule has 0 spiro atoms. The van der Waals surface area contributed by atoms with Gasteiger partial charge in [-0.25, -0.2) is 0 Å². The Balaban J connectivity index is 1.30. The van der Waals surface area contributed by atoms with Crippen molar-refractivity contribution in [2.24, 2.45) is 0 Å². The second-order valence-electron chi connectivity index (χ2n) is 9.80. The summed E-state index contributed by atoms with van der Waals surface area (Å²) >= 11 is 0. The van der Waals surface area contributed by atoms with E-state index in [1.54, 1.807) is 36.4 Å². The van der Waals surface area contributed by atoms with E-state index in [1.165, 1.54) is 44.4 Å². The molecule has 10 nitrogen and oxygen atoms in total. The maximum atomic E-state index is 13.1. The van der Waals surface area contributed by atoms with Gasteiger partial charge in [0, 0.05) is 29.3 Å². The maximum absolute atomic E-state index is 13.1. The lowest BCUT2D eigenvalue weighted by atomic mass is 9.95. The Morgan fingerprint density at radius 3 is 2.29 bits per heavy atom. The third-order valence-corrected chi connectivity index (χ3v) is 7.17. The molecule has 0 aliphatic carbocycles. The number of methoxy groups -OCH3 is 1. The van der Waals surface area contributed by atoms with Gasteiger partial charge < -0.3 is 39.1 Å². The number of phenols is 4. The van der Waals surface area contributed by atoms with Gasteiger partial charge in [-0.3, -0.25) is 9.59 Å². The van der Waals surface area contributed by atoms with Gasteiger partial charge in [-0.15, -0.1) is 0 Å². The molecule has 0 saturated carbocycles. The van der Waals surface area contributed by atoms with Crippen LogP contribution in [0.25, 0.3) is 22.3 Å². The molecule has 0 bridgehead atoms. The second kappa shape index (κ2) is 10.1. The largest absolute Gasteiger partial charge is 0.508 e. The summed E-state index contributed by atoms with van der Waals surface area (Å²) in [7, 11) is 1.39. The van der Waals surface area contributed by atoms with E-state index in [4.69, 9.17) is 18.6 Å². The minimum atomic E-state index is -0.610. The third-order valence-electron chi connectivity index (χ3n) is 7.17. The molecule has 5 aromatic rings. The quantitative estimate of drug-likeness (QED) is 0.195. The van der Waals surface area contributed by atoms with Crippen molar-refractivity contribution in [3.8, 4) is 57.3 Å². The number of rotatable bonds is 5. The van der Waals surface area contributed by atoms with Crippen LogP contribution in [0, 0.1) is 6.92 Å². The van der Waals surface area contributed by atoms with Crippen LogP contribution in [0.4, 0.5) is 0 Å². The van der Waals surface area contributed by atoms with Gasteiger partial charge in [-0.1, -0.05) is 12.1 Å². The fraction of sp³-hybridized carbons (Fsp3) is 0.125. The molecule has 4 N–H and O–H groups in total. The van der Waals surface area contributed by atoms with Crippen LogP contribution in [0.5, 0.6) is 46.0 Å². The van der Waals surface area contributed by atoms with Gasteiger partial charge >= 0.3 is 0 Å². The first-order chi connectivity index (χ1) is 20.1. The Bertz CT molecular complexity index is 1920. The molecule has 0 amide bonds. The molecule has 1 aliphatic heterocycles. The first-order valence-corrected chi connectivity index (χ1v) is 12.8. The smallest absolute Gasteiger partial charge is 0.211 e. The fourth-order valence-electron chi connectivity index (χ4n) is 4.89. The molecule has 1 atom stereocenters. The normalized spacial score (nSPS) is 14.3. The zero-order valence-corrected chi connectivity index (χ0v) is 22.4. The minimum absolute atomic E-state index is 0.0293. The maximum Gasteiger partial charge on any atom is 0.211 e. The molecule has 0 unspecified atom stereocenters. The molecular formula is C32H24O10. The van der Waals surface area contributed by atoms with Gasteiger partial charge in [-0.05, 0) is 48.9 Å². The molecule has 1 aromatic heterocycles. The number of fused-ring (bicyclic) bond motifs is 2. The molecule has 10 heteroatoms. The van der Waals surface area contributed by atoms with E-state index in [1.807, 2.05) is 0 Å². The topological polar surface area (TPSA) is 156 Å². The molecule has 1 aliphatic rings. The van der Waals surface area contributed by atoms with Gasteiger partial charge in [0.25, 0.3) is 0 Å². The van der Waals surface area contributed by atoms with Crippen molar-refractivity contribution in [1.82, 2.24) is 0 Å². The second-order valence-corrected chi connectivity index (χ2v) is 9.80. The highest BCUT2D eigenvalue weighted by Gasteiger charge is 2.34. The first kappa shape index (κ1) is 26.6. The predicted octanol–water partition coefficient (Wildman–Crippen LogP) is 6.10. The lowest BCUT2D eigenvalue weighted by molar-refractivity contribution is 0.0843. The van der Waals surface area contributed by atoms with Crippen LogP contribution in [-0.4, -0.2) is 33.3 Å². The molecule has 4 aromatic carbocycles. The van der Waals surface area contributed by atoms with E-state index in [-0.39, 0.29) is 80.3 Å². The Hall–Kier alpha value is -5.64. The molecule has 6 rings (SSSR count). The molecule has 212 valence electrons. The lowest BCUT2D eigenvalue weighted by Crippen LogP contribution is -2.20. The number of carbonyl (C=O) groups is 1. The predicted molar refractivity (Wildman–Crippen MR) is 151 cm³/mol. The summed E-state index contributed by atoms with van der Waals surface area (Å²) in [6.45, 7) is 1.49. The SMILES string of the molecule is COc1cc2c(c(O)c1Oc1ccc(-c3cc(=O)c4c(O)c(C)c(O)cc4o3)cc1)C(=O)C[C@H](c1ccc(O)cc1)O2. The Labute approximate surface area is 238 Å². The lowest BCUT2D eigenvalue weighted by Gasteiger charge is -2.27. The van der Waals surface area contributed by atoms with Crippen LogP contribution in [-0.2, 0) is 0 Å². The summed E-state index contributed by atoms with van der Waals surface area (Å²) in [5, 5.41) is 40.9. The number of ether oxygens (including phenoxy) is 3. The standard InChI is InChI=1S/C32H24O10/c1-15-20(34)11-25-28(30(15)37)21(35)12-24(41-25)17-5-9-19(10-6-17)40-32-27(39-2)14-26-29(31(32)38)22(36)13-23(42-26)16-3-7-18(33)8-4-16/h3-12,14,23,33-34,37-38H,13H2,1-2H3/t23-/m1/s1. The van der Waals surface area contributed by atoms with E-state index in [0.717, 1.165) is 0 Å². The molecule has 2 heterocycles. The summed E-state index contributed by atoms with van der Waals surface area (Å²) in [5.41, 5.74) is 0.896. The first-order valence-electron chi connectivity index (χ1n) is 12.8. The number of benzene rings is 4. The van der Waals surface area contributed by atoms with Crippen LogP contribution >= 0.6 is 0 Å². The number of ketones is 1. The Kier molecular flexibility index (Phi) is 6.38. The van der Waals surface area contributed by atoms with Crippen molar-refractivity contribution in [3.63, 3.8) is 0 Å². The van der Waals surface area contributed by atoms with Gasteiger partial charge in [0.05, 0.1) is 13.5 Å². The van der Waals surface area contributed by atoms with Crippen molar-refractivity contribution >= 4 is 16.8 Å². The number of phenolic OH excluding ortho intramolecular Hbond substituents is 4. The number of hydrogen-bond donors (Lipinski definition) is 4. The van der Waals surface area contributed by atoms with Crippen LogP contribution in [0.2, 0.25) is 0 Å². The number of carbonyl (C=O) groups excluding carboxylic acids is 1. The highest BCUT2D eigenvalue weighted by molar-refractivity contribution is 6.03. The van der Waals surface area contributed by atoms with Gasteiger partial charge in [0.15, 0.2) is 22.7 Å². The molecular weight excluding hydrogens is 544 g/mol. The summed E-state index contributed by atoms with van der Waals surface area (Å²) in [6.07, 6.45) is -0.640. The van der Waals surface area contributed by atoms with Crippen molar-refractivity contribution in [3.05, 3.63) is 93.6 Å². The number of hydrogen-bond acceptors (Lipinski definition) is 10. The average Bonchev–Trinajstić information content (AvgIpc) is 2.97. The third kappa shape index (κ3) is 4.48. The van der Waals surface area contributed by atoms with E-state index >= 15 is 0 Å². The van der Waals surface area contributed by atoms with Crippen molar-refractivity contribution in [1.29, 1.82) is 0 Å². The highest BCUT2D eigenvalue weighted by Crippen LogP contribution is 2.50. The average molecular weight is 569 g/mol. The summed E-state index contributed by atoms with van der Waals surface area (Å²) < 4.78 is 23.2. The molecule has 0 saturated heterocycles. The van der Waals surface area contributed by atoms with Crippen LogP contribution in [0.1, 0.15) is 34.0 Å². The zero-order chi connectivity index (χ0) is 29.7. The van der Waals surface area contributed by atoms with E-state index in [9.17, 15) is 30.0 Å². The van der Waals surface area contributed by atoms with Crippen LogP contribution in [0.3, 0.4) is 0 Å². The van der Waals surface area contributed by atoms with Crippen LogP contribution in [0.15, 0.2) is 75.9 Å². The number of aromatic hydroxyl groups is 4. The Morgan fingerprint density at radius 1 is 0.881 bits per heavy atom. The summed E-state index contributed by atoms with van der Waals surface area (Å²) in [5.74, 6) is -0.573. The zero-order valence-electron chi connectivity index (χ0n) is 22.4. The van der Waals surface area contributed by atoms with E-state index in [0.29, 0.717) is 11.1 Å². The van der Waals surface area contributed by atoms with Crippen LogP contribution < -0.4 is 19.6 Å². The molecule has 0 fully saturated rings. The Morgan fingerprint density at radius 2 is 1.60 bits per heavy atom. The molecule has 0 radical (unpaired) electrons. The minimum Gasteiger partial charge on any atom is -0.508 e. The summed E-state index contributed by atoms with van der Waals surface area (Å²) in [4.78, 5) is 25.8. The van der Waals surface area contributed by atoms with Crippen molar-refractivity contribution in [2.45, 2.75) is 19.4 Å². The van der Waals surface area contributed by atoms with E-state index < -0.39 is 17.3 Å². The summed E-state index contributed by atoms with van der Waals surface area (Å²) in [6, 6.07) is 16.7. The number of Topliss-reactive ketones (excluding diaryl/α,β-unsaturated/α-hetero) is 1. The van der Waals surface area contributed by atoms with Gasteiger partial charge in [-0.2, -0.15) is 0 Å². The van der Waals surface area contributed by atoms with Gasteiger partial charge in [0.2, 0.25) is 5.75 Å². The highest BCUT2D eigenvalue weighted by atomic mass is 16.5. The monoisotopic (exact) mass is 568 g/mol. The van der Waals surface area contributed by atoms with Crippen molar-refractivity contribution < 1.29 is 43.8 Å². The van der Waals surface area contributed by atoms with Crippen molar-refractivity contribution in [2.75, 3.05) is 7.11 Å². The van der Waals surface area contributed by atoms with Gasteiger partial charge in [0.1, 0.15) is 57.1 Å².